The number of benzene rings is 1. The lowest BCUT2D eigenvalue weighted by molar-refractivity contribution is 0.409. The van der Waals surface area contributed by atoms with Gasteiger partial charge in [-0.15, -0.1) is 10.2 Å². The van der Waals surface area contributed by atoms with Gasteiger partial charge in [0.1, 0.15) is 5.75 Å². The summed E-state index contributed by atoms with van der Waals surface area (Å²) in [6.07, 6.45) is 1.57. The van der Waals surface area contributed by atoms with Crippen molar-refractivity contribution < 1.29 is 4.74 Å². The van der Waals surface area contributed by atoms with E-state index in [-0.39, 0.29) is 0 Å². The standard InChI is InChI=1S/C13H19N5O/c1-10-3-5-12(19-2)11(9-10)4-6-13-15-17-18(16-13)8-7-14/h3,5,9H,4,6-8,14H2,1-2H3. The molecule has 2 rings (SSSR count). The van der Waals surface area contributed by atoms with Crippen LogP contribution in [-0.2, 0) is 19.4 Å². The van der Waals surface area contributed by atoms with Gasteiger partial charge in [-0.25, -0.2) is 0 Å². The average Bonchev–Trinajstić information content (AvgIpc) is 2.85. The lowest BCUT2D eigenvalue weighted by Gasteiger charge is -2.08. The molecule has 0 amide bonds. The normalized spacial score (nSPS) is 10.7. The van der Waals surface area contributed by atoms with Gasteiger partial charge in [-0.1, -0.05) is 17.7 Å². The number of tetrazole rings is 1. The van der Waals surface area contributed by atoms with Crippen molar-refractivity contribution in [1.82, 2.24) is 20.2 Å². The number of methoxy groups -OCH3 is 1. The number of aromatic nitrogens is 4. The van der Waals surface area contributed by atoms with E-state index in [4.69, 9.17) is 10.5 Å². The maximum atomic E-state index is 5.44. The van der Waals surface area contributed by atoms with E-state index >= 15 is 0 Å². The molecule has 0 atom stereocenters. The highest BCUT2D eigenvalue weighted by Gasteiger charge is 2.07. The first-order valence-electron chi connectivity index (χ1n) is 6.33. The molecule has 6 heteroatoms. The zero-order valence-corrected chi connectivity index (χ0v) is 11.3. The minimum Gasteiger partial charge on any atom is -0.496 e. The summed E-state index contributed by atoms with van der Waals surface area (Å²) in [7, 11) is 1.68. The van der Waals surface area contributed by atoms with Crippen LogP contribution in [0, 0.1) is 6.92 Å². The van der Waals surface area contributed by atoms with Crippen LogP contribution in [0.15, 0.2) is 18.2 Å². The first-order chi connectivity index (χ1) is 9.22. The Bertz CT molecular complexity index is 538. The van der Waals surface area contributed by atoms with Gasteiger partial charge in [0.05, 0.1) is 13.7 Å². The van der Waals surface area contributed by atoms with Crippen LogP contribution in [0.1, 0.15) is 17.0 Å². The lowest BCUT2D eigenvalue weighted by atomic mass is 10.1. The minimum atomic E-state index is 0.515. The van der Waals surface area contributed by atoms with Crippen LogP contribution < -0.4 is 10.5 Å². The molecule has 1 aromatic heterocycles. The molecule has 1 aromatic carbocycles. The fourth-order valence-corrected chi connectivity index (χ4v) is 1.94. The molecule has 0 aliphatic rings. The molecule has 0 spiro atoms. The van der Waals surface area contributed by atoms with E-state index in [2.05, 4.69) is 28.4 Å². The van der Waals surface area contributed by atoms with Crippen molar-refractivity contribution in [2.45, 2.75) is 26.3 Å². The van der Waals surface area contributed by atoms with Crippen molar-refractivity contribution in [3.05, 3.63) is 35.2 Å². The average molecular weight is 261 g/mol. The van der Waals surface area contributed by atoms with Crippen molar-refractivity contribution in [1.29, 1.82) is 0 Å². The molecule has 0 aliphatic carbocycles. The third kappa shape index (κ3) is 3.51. The monoisotopic (exact) mass is 261 g/mol. The number of ether oxygens (including phenoxy) is 1. The van der Waals surface area contributed by atoms with Crippen molar-refractivity contribution in [2.75, 3.05) is 13.7 Å². The Morgan fingerprint density at radius 2 is 2.16 bits per heavy atom. The highest BCUT2D eigenvalue weighted by atomic mass is 16.5. The van der Waals surface area contributed by atoms with Crippen molar-refractivity contribution >= 4 is 0 Å². The quantitative estimate of drug-likeness (QED) is 0.829. The fourth-order valence-electron chi connectivity index (χ4n) is 1.94. The van der Waals surface area contributed by atoms with Gasteiger partial charge in [0.25, 0.3) is 0 Å². The number of hydrogen-bond acceptors (Lipinski definition) is 5. The number of hydrogen-bond donors (Lipinski definition) is 1. The SMILES string of the molecule is COc1ccc(C)cc1CCc1nnn(CCN)n1. The molecule has 0 saturated heterocycles. The highest BCUT2D eigenvalue weighted by molar-refractivity contribution is 5.37. The Labute approximate surface area is 112 Å². The lowest BCUT2D eigenvalue weighted by Crippen LogP contribution is -2.12. The topological polar surface area (TPSA) is 78.9 Å². The molecule has 0 saturated carbocycles. The summed E-state index contributed by atoms with van der Waals surface area (Å²) >= 11 is 0. The number of nitrogens with zero attached hydrogens (tertiary/aromatic N) is 4. The maximum Gasteiger partial charge on any atom is 0.175 e. The second kappa shape index (κ2) is 6.29. The van der Waals surface area contributed by atoms with Gasteiger partial charge in [-0.05, 0) is 30.2 Å². The molecule has 0 bridgehead atoms. The van der Waals surface area contributed by atoms with Crippen molar-refractivity contribution in [3.63, 3.8) is 0 Å². The van der Waals surface area contributed by atoms with E-state index in [1.165, 1.54) is 10.4 Å². The molecule has 2 N–H and O–H groups in total. The highest BCUT2D eigenvalue weighted by Crippen LogP contribution is 2.20. The molecule has 19 heavy (non-hydrogen) atoms. The van der Waals surface area contributed by atoms with Crippen LogP contribution in [0.25, 0.3) is 0 Å². The van der Waals surface area contributed by atoms with Crippen LogP contribution in [0.3, 0.4) is 0 Å². The molecular weight excluding hydrogens is 242 g/mol. The third-order valence-corrected chi connectivity index (χ3v) is 2.88. The van der Waals surface area contributed by atoms with E-state index in [0.29, 0.717) is 13.1 Å². The van der Waals surface area contributed by atoms with Gasteiger partial charge >= 0.3 is 0 Å². The first kappa shape index (κ1) is 13.5. The second-order valence-corrected chi connectivity index (χ2v) is 4.41. The largest absolute Gasteiger partial charge is 0.496 e. The molecule has 1 heterocycles. The zero-order valence-electron chi connectivity index (χ0n) is 11.3. The van der Waals surface area contributed by atoms with Gasteiger partial charge in [-0.2, -0.15) is 4.80 Å². The van der Waals surface area contributed by atoms with Gasteiger partial charge in [0.15, 0.2) is 5.82 Å². The summed E-state index contributed by atoms with van der Waals surface area (Å²) in [5, 5.41) is 12.2. The molecular formula is C13H19N5O. The van der Waals surface area contributed by atoms with Gasteiger partial charge in [0, 0.05) is 13.0 Å². The molecule has 6 nitrogen and oxygen atoms in total. The van der Waals surface area contributed by atoms with Gasteiger partial charge < -0.3 is 10.5 Å². The number of nitrogens with two attached hydrogens (primary N) is 1. The summed E-state index contributed by atoms with van der Waals surface area (Å²) in [6, 6.07) is 6.16. The molecule has 102 valence electrons. The Morgan fingerprint density at radius 1 is 1.32 bits per heavy atom. The fraction of sp³-hybridized carbons (Fsp3) is 0.462. The van der Waals surface area contributed by atoms with Gasteiger partial charge in [-0.3, -0.25) is 0 Å². The maximum absolute atomic E-state index is 5.44. The van der Waals surface area contributed by atoms with Crippen molar-refractivity contribution in [3.8, 4) is 5.75 Å². The summed E-state index contributed by atoms with van der Waals surface area (Å²) in [5.41, 5.74) is 7.83. The zero-order chi connectivity index (χ0) is 13.7. The predicted molar refractivity (Wildman–Crippen MR) is 72.0 cm³/mol. The van der Waals surface area contributed by atoms with Crippen LogP contribution >= 0.6 is 0 Å². The van der Waals surface area contributed by atoms with Crippen LogP contribution in [0.5, 0.6) is 5.75 Å². The second-order valence-electron chi connectivity index (χ2n) is 4.41. The van der Waals surface area contributed by atoms with E-state index in [1.54, 1.807) is 7.11 Å². The van der Waals surface area contributed by atoms with Crippen molar-refractivity contribution in [2.24, 2.45) is 5.73 Å². The van der Waals surface area contributed by atoms with E-state index in [1.807, 2.05) is 12.1 Å². The minimum absolute atomic E-state index is 0.515. The third-order valence-electron chi connectivity index (χ3n) is 2.88. The Kier molecular flexibility index (Phi) is 4.46. The Balaban J connectivity index is 2.03. The predicted octanol–water partition coefficient (Wildman–Crippen LogP) is 0.734. The molecule has 0 aliphatic heterocycles. The summed E-state index contributed by atoms with van der Waals surface area (Å²) < 4.78 is 5.35. The van der Waals surface area contributed by atoms with E-state index < -0.39 is 0 Å². The van der Waals surface area contributed by atoms with Crippen LogP contribution in [-0.4, -0.2) is 33.9 Å². The number of rotatable bonds is 6. The van der Waals surface area contributed by atoms with Crippen LogP contribution in [0.4, 0.5) is 0 Å². The molecule has 0 radical (unpaired) electrons. The molecule has 2 aromatic rings. The van der Waals surface area contributed by atoms with Gasteiger partial charge in [0.2, 0.25) is 0 Å². The summed E-state index contributed by atoms with van der Waals surface area (Å²) in [6.45, 7) is 3.18. The molecule has 0 unspecified atom stereocenters. The Hall–Kier alpha value is -1.95. The van der Waals surface area contributed by atoms with E-state index in [0.717, 1.165) is 30.0 Å². The molecule has 0 fully saturated rings. The Morgan fingerprint density at radius 3 is 2.89 bits per heavy atom. The smallest absolute Gasteiger partial charge is 0.175 e. The van der Waals surface area contributed by atoms with E-state index in [9.17, 15) is 0 Å². The van der Waals surface area contributed by atoms with Crippen LogP contribution in [0.2, 0.25) is 0 Å². The summed E-state index contributed by atoms with van der Waals surface area (Å²) in [4.78, 5) is 1.53. The number of aryl methyl sites for hydroxylation is 3. The first-order valence-corrected chi connectivity index (χ1v) is 6.33. The summed E-state index contributed by atoms with van der Waals surface area (Å²) in [5.74, 6) is 1.64.